The van der Waals surface area contributed by atoms with Gasteiger partial charge in [-0.3, -0.25) is 10.1 Å². The van der Waals surface area contributed by atoms with Gasteiger partial charge < -0.3 is 4.90 Å². The van der Waals surface area contributed by atoms with E-state index in [-0.39, 0.29) is 28.6 Å². The summed E-state index contributed by atoms with van der Waals surface area (Å²) in [6.07, 6.45) is 2.56. The van der Waals surface area contributed by atoms with Crippen LogP contribution in [0, 0.1) is 15.9 Å². The number of anilines is 1. The van der Waals surface area contributed by atoms with Crippen molar-refractivity contribution in [2.75, 3.05) is 25.0 Å². The SMILES string of the molecule is CN(Cc1cccc(F)c1)c1ccc(S(=O)(=O)N2CCCCC2)cc1[N+](=O)[O-]. The van der Waals surface area contributed by atoms with Crippen molar-refractivity contribution in [3.05, 3.63) is 64.0 Å². The highest BCUT2D eigenvalue weighted by molar-refractivity contribution is 7.89. The lowest BCUT2D eigenvalue weighted by Crippen LogP contribution is -2.35. The van der Waals surface area contributed by atoms with Crippen LogP contribution in [0.25, 0.3) is 0 Å². The van der Waals surface area contributed by atoms with Crippen molar-refractivity contribution in [2.24, 2.45) is 0 Å². The van der Waals surface area contributed by atoms with E-state index in [1.165, 1.54) is 28.6 Å². The van der Waals surface area contributed by atoms with Crippen molar-refractivity contribution < 1.29 is 17.7 Å². The molecule has 0 atom stereocenters. The Bertz CT molecular complexity index is 975. The van der Waals surface area contributed by atoms with Crippen LogP contribution in [0.4, 0.5) is 15.8 Å². The minimum Gasteiger partial charge on any atom is -0.365 e. The summed E-state index contributed by atoms with van der Waals surface area (Å²) in [6.45, 7) is 1.10. The zero-order valence-corrected chi connectivity index (χ0v) is 16.4. The number of nitro benzene ring substituents is 1. The number of sulfonamides is 1. The lowest BCUT2D eigenvalue weighted by atomic mass is 10.2. The zero-order valence-electron chi connectivity index (χ0n) is 15.5. The highest BCUT2D eigenvalue weighted by Crippen LogP contribution is 2.32. The average molecular weight is 407 g/mol. The molecule has 0 spiro atoms. The van der Waals surface area contributed by atoms with Gasteiger partial charge in [-0.05, 0) is 42.7 Å². The van der Waals surface area contributed by atoms with Gasteiger partial charge in [-0.1, -0.05) is 18.6 Å². The third-order valence-corrected chi connectivity index (χ3v) is 6.71. The van der Waals surface area contributed by atoms with E-state index in [0.29, 0.717) is 18.7 Å². The monoisotopic (exact) mass is 407 g/mol. The third kappa shape index (κ3) is 4.31. The van der Waals surface area contributed by atoms with Crippen molar-refractivity contribution in [3.8, 4) is 0 Å². The van der Waals surface area contributed by atoms with E-state index in [2.05, 4.69) is 0 Å². The Hall–Kier alpha value is -2.52. The Morgan fingerprint density at radius 2 is 1.86 bits per heavy atom. The summed E-state index contributed by atoms with van der Waals surface area (Å²) in [6, 6.07) is 9.93. The molecule has 1 aliphatic heterocycles. The van der Waals surface area contributed by atoms with Gasteiger partial charge in [0.2, 0.25) is 10.0 Å². The minimum absolute atomic E-state index is 0.0796. The normalized spacial score (nSPS) is 15.4. The first-order chi connectivity index (χ1) is 13.3. The van der Waals surface area contributed by atoms with Gasteiger partial charge in [-0.15, -0.1) is 0 Å². The fraction of sp³-hybridized carbons (Fsp3) is 0.368. The maximum atomic E-state index is 13.4. The molecule has 0 bridgehead atoms. The maximum absolute atomic E-state index is 13.4. The highest BCUT2D eigenvalue weighted by Gasteiger charge is 2.29. The molecule has 1 saturated heterocycles. The molecule has 7 nitrogen and oxygen atoms in total. The molecule has 0 aromatic heterocycles. The van der Waals surface area contributed by atoms with Gasteiger partial charge in [-0.25, -0.2) is 12.8 Å². The summed E-state index contributed by atoms with van der Waals surface area (Å²) in [5.41, 5.74) is 0.630. The van der Waals surface area contributed by atoms with E-state index in [1.54, 1.807) is 24.1 Å². The number of hydrogen-bond acceptors (Lipinski definition) is 5. The molecule has 1 aliphatic rings. The molecule has 0 amide bonds. The average Bonchev–Trinajstić information content (AvgIpc) is 2.68. The van der Waals surface area contributed by atoms with Gasteiger partial charge in [0.05, 0.1) is 9.82 Å². The summed E-state index contributed by atoms with van der Waals surface area (Å²) in [5, 5.41) is 11.6. The lowest BCUT2D eigenvalue weighted by molar-refractivity contribution is -0.384. The molecule has 1 heterocycles. The molecule has 0 saturated carbocycles. The number of nitro groups is 1. The first kappa shape index (κ1) is 20.2. The smallest absolute Gasteiger partial charge is 0.293 e. The Morgan fingerprint density at radius 1 is 1.14 bits per heavy atom. The molecule has 3 rings (SSSR count). The van der Waals surface area contributed by atoms with Crippen molar-refractivity contribution in [2.45, 2.75) is 30.7 Å². The van der Waals surface area contributed by atoms with E-state index in [9.17, 15) is 22.9 Å². The van der Waals surface area contributed by atoms with Crippen LogP contribution in [-0.4, -0.2) is 37.8 Å². The standard InChI is InChI=1S/C19H22FN3O4S/c1-21(14-15-6-5-7-16(20)12-15)18-9-8-17(13-19(18)23(24)25)28(26,27)22-10-3-2-4-11-22/h5-9,12-13H,2-4,10-11,14H2,1H3. The van der Waals surface area contributed by atoms with Crippen LogP contribution < -0.4 is 4.90 Å². The van der Waals surface area contributed by atoms with Crippen LogP contribution >= 0.6 is 0 Å². The van der Waals surface area contributed by atoms with Crippen LogP contribution in [0.15, 0.2) is 47.4 Å². The molecular weight excluding hydrogens is 385 g/mol. The molecule has 0 N–H and O–H groups in total. The second kappa shape index (κ2) is 8.24. The number of nitrogens with zero attached hydrogens (tertiary/aromatic N) is 3. The quantitative estimate of drug-likeness (QED) is 0.540. The minimum atomic E-state index is -3.76. The summed E-state index contributed by atoms with van der Waals surface area (Å²) in [4.78, 5) is 12.5. The second-order valence-electron chi connectivity index (χ2n) is 6.86. The third-order valence-electron chi connectivity index (χ3n) is 4.82. The maximum Gasteiger partial charge on any atom is 0.293 e. The summed E-state index contributed by atoms with van der Waals surface area (Å²) < 4.78 is 40.4. The fourth-order valence-corrected chi connectivity index (χ4v) is 4.92. The topological polar surface area (TPSA) is 83.8 Å². The van der Waals surface area contributed by atoms with E-state index in [4.69, 9.17) is 0 Å². The van der Waals surface area contributed by atoms with Crippen LogP contribution in [0.1, 0.15) is 24.8 Å². The predicted octanol–water partition coefficient (Wildman–Crippen LogP) is 3.54. The molecule has 2 aromatic carbocycles. The van der Waals surface area contributed by atoms with Crippen molar-refractivity contribution >= 4 is 21.4 Å². The summed E-state index contributed by atoms with van der Waals surface area (Å²) in [7, 11) is -2.12. The Kier molecular flexibility index (Phi) is 5.95. The molecule has 1 fully saturated rings. The van der Waals surface area contributed by atoms with Crippen molar-refractivity contribution in [1.82, 2.24) is 4.31 Å². The lowest BCUT2D eigenvalue weighted by Gasteiger charge is -2.26. The van der Waals surface area contributed by atoms with Gasteiger partial charge >= 0.3 is 0 Å². The molecule has 0 aliphatic carbocycles. The summed E-state index contributed by atoms with van der Waals surface area (Å²) >= 11 is 0. The number of benzene rings is 2. The first-order valence-corrected chi connectivity index (χ1v) is 10.5. The molecule has 2 aromatic rings. The Balaban J connectivity index is 1.91. The van der Waals surface area contributed by atoms with Crippen molar-refractivity contribution in [1.29, 1.82) is 0 Å². The van der Waals surface area contributed by atoms with E-state index in [1.807, 2.05) is 0 Å². The van der Waals surface area contributed by atoms with Gasteiger partial charge in [0, 0.05) is 32.7 Å². The van der Waals surface area contributed by atoms with Crippen LogP contribution in [0.2, 0.25) is 0 Å². The zero-order chi connectivity index (χ0) is 20.3. The van der Waals surface area contributed by atoms with Gasteiger partial charge in [0.1, 0.15) is 11.5 Å². The number of halogens is 1. The highest BCUT2D eigenvalue weighted by atomic mass is 32.2. The van der Waals surface area contributed by atoms with E-state index >= 15 is 0 Å². The van der Waals surface area contributed by atoms with Crippen molar-refractivity contribution in [3.63, 3.8) is 0 Å². The number of rotatable bonds is 6. The van der Waals surface area contributed by atoms with Crippen LogP contribution in [0.3, 0.4) is 0 Å². The van der Waals surface area contributed by atoms with Gasteiger partial charge in [0.25, 0.3) is 5.69 Å². The van der Waals surface area contributed by atoms with E-state index < -0.39 is 14.9 Å². The Morgan fingerprint density at radius 3 is 2.50 bits per heavy atom. The second-order valence-corrected chi connectivity index (χ2v) is 8.80. The van der Waals surface area contributed by atoms with Gasteiger partial charge in [0.15, 0.2) is 0 Å². The Labute approximate surface area is 163 Å². The molecular formula is C19H22FN3O4S. The molecule has 150 valence electrons. The fourth-order valence-electron chi connectivity index (χ4n) is 3.38. The molecule has 0 unspecified atom stereocenters. The van der Waals surface area contributed by atoms with Gasteiger partial charge in [-0.2, -0.15) is 4.31 Å². The number of hydrogen-bond donors (Lipinski definition) is 0. The molecule has 9 heteroatoms. The van der Waals surface area contributed by atoms with Crippen LogP contribution in [-0.2, 0) is 16.6 Å². The predicted molar refractivity (Wildman–Crippen MR) is 104 cm³/mol. The number of piperidine rings is 1. The molecule has 28 heavy (non-hydrogen) atoms. The largest absolute Gasteiger partial charge is 0.365 e. The van der Waals surface area contributed by atoms with E-state index in [0.717, 1.165) is 25.3 Å². The molecule has 0 radical (unpaired) electrons. The van der Waals surface area contributed by atoms with Crippen LogP contribution in [0.5, 0.6) is 0 Å². The summed E-state index contributed by atoms with van der Waals surface area (Å²) in [5.74, 6) is -0.386. The first-order valence-electron chi connectivity index (χ1n) is 9.03.